The smallest absolute Gasteiger partial charge is 0.261 e. The normalized spacial score (nSPS) is 16.1. The highest BCUT2D eigenvalue weighted by molar-refractivity contribution is 6.22. The summed E-state index contributed by atoms with van der Waals surface area (Å²) in [5, 5.41) is 0. The molecule has 1 fully saturated rings. The lowest BCUT2D eigenvalue weighted by Crippen LogP contribution is -2.50. The number of benzene rings is 2. The largest absolute Gasteiger partial charge is 0.335 e. The van der Waals surface area contributed by atoms with Crippen molar-refractivity contribution in [3.05, 3.63) is 70.5 Å². The van der Waals surface area contributed by atoms with Crippen molar-refractivity contribution >= 4 is 23.6 Å². The van der Waals surface area contributed by atoms with E-state index in [-0.39, 0.29) is 35.1 Å². The second kappa shape index (κ2) is 8.53. The minimum Gasteiger partial charge on any atom is -0.335 e. The molecule has 0 atom stereocenters. The van der Waals surface area contributed by atoms with Crippen LogP contribution in [0.1, 0.15) is 55.3 Å². The van der Waals surface area contributed by atoms with Crippen LogP contribution in [-0.4, -0.2) is 71.1 Å². The SMILES string of the molecule is CC(C)CN1C(=O)c2ccc(C(=O)N3CCN(C(=O)c4ccc(F)cc4)CC3)cc2C1=O. The van der Waals surface area contributed by atoms with Crippen LogP contribution in [0.25, 0.3) is 0 Å². The Bertz CT molecular complexity index is 1090. The molecule has 7 nitrogen and oxygen atoms in total. The molecule has 0 radical (unpaired) electrons. The summed E-state index contributed by atoms with van der Waals surface area (Å²) in [6.07, 6.45) is 0. The van der Waals surface area contributed by atoms with Gasteiger partial charge in [0.25, 0.3) is 23.6 Å². The topological polar surface area (TPSA) is 78.0 Å². The molecular weight excluding hydrogens is 413 g/mol. The van der Waals surface area contributed by atoms with Crippen LogP contribution in [0.15, 0.2) is 42.5 Å². The van der Waals surface area contributed by atoms with Gasteiger partial charge in [-0.2, -0.15) is 0 Å². The van der Waals surface area contributed by atoms with Crippen LogP contribution in [0.5, 0.6) is 0 Å². The monoisotopic (exact) mass is 437 g/mol. The Labute approximate surface area is 185 Å². The fourth-order valence-electron chi connectivity index (χ4n) is 4.02. The van der Waals surface area contributed by atoms with Gasteiger partial charge in [0.2, 0.25) is 0 Å². The fourth-order valence-corrected chi connectivity index (χ4v) is 4.02. The van der Waals surface area contributed by atoms with Crippen LogP contribution in [0, 0.1) is 11.7 Å². The molecule has 0 N–H and O–H groups in total. The summed E-state index contributed by atoms with van der Waals surface area (Å²) in [6.45, 7) is 5.58. The number of hydrogen-bond acceptors (Lipinski definition) is 4. The van der Waals surface area contributed by atoms with E-state index >= 15 is 0 Å². The van der Waals surface area contributed by atoms with Gasteiger partial charge in [-0.15, -0.1) is 0 Å². The highest BCUT2D eigenvalue weighted by Crippen LogP contribution is 2.25. The second-order valence-corrected chi connectivity index (χ2v) is 8.47. The summed E-state index contributed by atoms with van der Waals surface area (Å²) in [5.41, 5.74) is 1.32. The van der Waals surface area contributed by atoms with Gasteiger partial charge < -0.3 is 9.80 Å². The molecule has 4 amide bonds. The lowest BCUT2D eigenvalue weighted by molar-refractivity contribution is 0.0535. The van der Waals surface area contributed by atoms with Gasteiger partial charge in [-0.1, -0.05) is 13.8 Å². The maximum absolute atomic E-state index is 13.1. The number of hydrogen-bond donors (Lipinski definition) is 0. The van der Waals surface area contributed by atoms with Crippen LogP contribution in [-0.2, 0) is 0 Å². The molecule has 32 heavy (non-hydrogen) atoms. The van der Waals surface area contributed by atoms with E-state index in [9.17, 15) is 23.6 Å². The van der Waals surface area contributed by atoms with Gasteiger partial charge in [-0.25, -0.2) is 4.39 Å². The summed E-state index contributed by atoms with van der Waals surface area (Å²) >= 11 is 0. The number of carbonyl (C=O) groups excluding carboxylic acids is 4. The Morgan fingerprint density at radius 1 is 0.812 bits per heavy atom. The zero-order valence-electron chi connectivity index (χ0n) is 18.0. The van der Waals surface area contributed by atoms with Crippen molar-refractivity contribution in [2.24, 2.45) is 5.92 Å². The summed E-state index contributed by atoms with van der Waals surface area (Å²) in [4.78, 5) is 55.3. The number of halogens is 1. The molecule has 2 aliphatic heterocycles. The summed E-state index contributed by atoms with van der Waals surface area (Å²) in [7, 11) is 0. The van der Waals surface area contributed by atoms with Crippen LogP contribution in [0.4, 0.5) is 4.39 Å². The maximum Gasteiger partial charge on any atom is 0.261 e. The predicted octanol–water partition coefficient (Wildman–Crippen LogP) is 2.68. The summed E-state index contributed by atoms with van der Waals surface area (Å²) in [6, 6.07) is 9.98. The van der Waals surface area contributed by atoms with Crippen molar-refractivity contribution in [2.75, 3.05) is 32.7 Å². The minimum absolute atomic E-state index is 0.146. The average molecular weight is 437 g/mol. The number of imide groups is 1. The van der Waals surface area contributed by atoms with Crippen molar-refractivity contribution in [1.29, 1.82) is 0 Å². The molecule has 4 rings (SSSR count). The Morgan fingerprint density at radius 3 is 1.88 bits per heavy atom. The lowest BCUT2D eigenvalue weighted by atomic mass is 10.0. The van der Waals surface area contributed by atoms with Crippen LogP contribution in [0.3, 0.4) is 0 Å². The first-order valence-corrected chi connectivity index (χ1v) is 10.6. The molecule has 0 aromatic heterocycles. The summed E-state index contributed by atoms with van der Waals surface area (Å²) in [5.74, 6) is -1.41. The molecule has 2 aliphatic rings. The molecule has 0 aliphatic carbocycles. The summed E-state index contributed by atoms with van der Waals surface area (Å²) < 4.78 is 13.1. The molecule has 1 saturated heterocycles. The molecule has 0 spiro atoms. The maximum atomic E-state index is 13.1. The number of fused-ring (bicyclic) bond motifs is 1. The van der Waals surface area contributed by atoms with Gasteiger partial charge >= 0.3 is 0 Å². The Hall–Kier alpha value is -3.55. The standard InChI is InChI=1S/C24H24FN3O4/c1-15(2)14-28-23(31)19-8-5-17(13-20(19)24(28)32)22(30)27-11-9-26(10-12-27)21(29)16-3-6-18(25)7-4-16/h3-8,13,15H,9-12,14H2,1-2H3. The second-order valence-electron chi connectivity index (χ2n) is 8.47. The van der Waals surface area contributed by atoms with E-state index in [0.717, 1.165) is 0 Å². The van der Waals surface area contributed by atoms with Gasteiger partial charge in [0, 0.05) is 43.9 Å². The van der Waals surface area contributed by atoms with E-state index in [1.807, 2.05) is 13.8 Å². The highest BCUT2D eigenvalue weighted by atomic mass is 19.1. The zero-order valence-corrected chi connectivity index (χ0v) is 18.0. The zero-order chi connectivity index (χ0) is 23.0. The Balaban J connectivity index is 1.43. The van der Waals surface area contributed by atoms with Crippen molar-refractivity contribution < 1.29 is 23.6 Å². The van der Waals surface area contributed by atoms with E-state index in [0.29, 0.717) is 49.4 Å². The molecule has 166 valence electrons. The van der Waals surface area contributed by atoms with E-state index in [1.54, 1.807) is 15.9 Å². The third-order valence-electron chi connectivity index (χ3n) is 5.71. The van der Waals surface area contributed by atoms with Crippen LogP contribution < -0.4 is 0 Å². The van der Waals surface area contributed by atoms with Gasteiger partial charge in [0.15, 0.2) is 0 Å². The molecule has 2 aromatic rings. The first-order valence-electron chi connectivity index (χ1n) is 10.6. The molecule has 8 heteroatoms. The molecule has 0 unspecified atom stereocenters. The van der Waals surface area contributed by atoms with E-state index in [2.05, 4.69) is 0 Å². The highest BCUT2D eigenvalue weighted by Gasteiger charge is 2.36. The molecule has 0 bridgehead atoms. The van der Waals surface area contributed by atoms with Gasteiger partial charge in [-0.05, 0) is 48.4 Å². The van der Waals surface area contributed by atoms with Crippen LogP contribution in [0.2, 0.25) is 0 Å². The van der Waals surface area contributed by atoms with Gasteiger partial charge in [0.1, 0.15) is 5.82 Å². The van der Waals surface area contributed by atoms with E-state index < -0.39 is 5.82 Å². The number of amides is 4. The lowest BCUT2D eigenvalue weighted by Gasteiger charge is -2.35. The van der Waals surface area contributed by atoms with E-state index in [1.165, 1.54) is 41.3 Å². The quantitative estimate of drug-likeness (QED) is 0.689. The Morgan fingerprint density at radius 2 is 1.31 bits per heavy atom. The number of nitrogens with zero attached hydrogens (tertiary/aromatic N) is 3. The van der Waals surface area contributed by atoms with Gasteiger partial charge in [0.05, 0.1) is 11.1 Å². The Kier molecular flexibility index (Phi) is 5.78. The number of piperazine rings is 1. The minimum atomic E-state index is -0.404. The van der Waals surface area contributed by atoms with Crippen LogP contribution >= 0.6 is 0 Å². The van der Waals surface area contributed by atoms with Crippen molar-refractivity contribution in [3.8, 4) is 0 Å². The number of rotatable bonds is 4. The molecule has 0 saturated carbocycles. The average Bonchev–Trinajstić information content (AvgIpc) is 3.02. The third kappa shape index (κ3) is 4.00. The predicted molar refractivity (Wildman–Crippen MR) is 115 cm³/mol. The number of carbonyl (C=O) groups is 4. The van der Waals surface area contributed by atoms with Gasteiger partial charge in [-0.3, -0.25) is 24.1 Å². The van der Waals surface area contributed by atoms with Crippen molar-refractivity contribution in [1.82, 2.24) is 14.7 Å². The first-order chi connectivity index (χ1) is 15.3. The van der Waals surface area contributed by atoms with E-state index in [4.69, 9.17) is 0 Å². The fraction of sp³-hybridized carbons (Fsp3) is 0.333. The van der Waals surface area contributed by atoms with Crippen molar-refractivity contribution in [2.45, 2.75) is 13.8 Å². The first kappa shape index (κ1) is 21.7. The van der Waals surface area contributed by atoms with Crippen molar-refractivity contribution in [3.63, 3.8) is 0 Å². The molecular formula is C24H24FN3O4. The molecule has 2 heterocycles. The third-order valence-corrected chi connectivity index (χ3v) is 5.71. The molecule has 2 aromatic carbocycles.